The third-order valence-electron chi connectivity index (χ3n) is 3.76. The summed E-state index contributed by atoms with van der Waals surface area (Å²) in [5.74, 6) is 0.429. The quantitative estimate of drug-likeness (QED) is 0.540. The van der Waals surface area contributed by atoms with E-state index in [1.165, 1.54) is 0 Å². The third kappa shape index (κ3) is 5.30. The van der Waals surface area contributed by atoms with Gasteiger partial charge in [-0.15, -0.1) is 0 Å². The maximum atomic E-state index is 12.0. The van der Waals surface area contributed by atoms with Crippen molar-refractivity contribution in [1.82, 2.24) is 25.4 Å². The summed E-state index contributed by atoms with van der Waals surface area (Å²) in [6, 6.07) is 3.56. The summed E-state index contributed by atoms with van der Waals surface area (Å²) in [7, 11) is 1.92. The minimum atomic E-state index is -0.160. The van der Waals surface area contributed by atoms with Gasteiger partial charge in [0, 0.05) is 31.0 Å². The number of hydrogen-bond donors (Lipinski definition) is 3. The molecule has 0 atom stereocenters. The van der Waals surface area contributed by atoms with Gasteiger partial charge in [0.15, 0.2) is 5.96 Å². The Bertz CT molecular complexity index is 737. The van der Waals surface area contributed by atoms with Gasteiger partial charge in [-0.3, -0.25) is 14.5 Å². The molecule has 0 aromatic carbocycles. The van der Waals surface area contributed by atoms with Gasteiger partial charge in [-0.05, 0) is 32.9 Å². The van der Waals surface area contributed by atoms with Crippen LogP contribution in [-0.4, -0.2) is 39.7 Å². The van der Waals surface area contributed by atoms with Crippen LogP contribution in [0.1, 0.15) is 23.9 Å². The molecule has 0 spiro atoms. The van der Waals surface area contributed by atoms with Crippen LogP contribution in [0.3, 0.4) is 0 Å². The predicted octanol–water partition coefficient (Wildman–Crippen LogP) is 1.13. The van der Waals surface area contributed by atoms with Crippen LogP contribution >= 0.6 is 0 Å². The van der Waals surface area contributed by atoms with Crippen molar-refractivity contribution in [3.63, 3.8) is 0 Å². The Labute approximate surface area is 147 Å². The molecule has 134 valence electrons. The second-order valence-electron chi connectivity index (χ2n) is 5.61. The highest BCUT2D eigenvalue weighted by atomic mass is 16.1. The first-order valence-corrected chi connectivity index (χ1v) is 8.22. The van der Waals surface area contributed by atoms with E-state index in [1.54, 1.807) is 24.5 Å². The average Bonchev–Trinajstić information content (AvgIpc) is 2.83. The van der Waals surface area contributed by atoms with E-state index in [1.807, 2.05) is 32.5 Å². The molecule has 0 aliphatic heterocycles. The lowest BCUT2D eigenvalue weighted by Gasteiger charge is -2.11. The summed E-state index contributed by atoms with van der Waals surface area (Å²) < 4.78 is 1.85. The first-order valence-electron chi connectivity index (χ1n) is 8.22. The summed E-state index contributed by atoms with van der Waals surface area (Å²) >= 11 is 0. The van der Waals surface area contributed by atoms with Gasteiger partial charge in [0.2, 0.25) is 5.91 Å². The van der Waals surface area contributed by atoms with Crippen molar-refractivity contribution in [1.29, 1.82) is 0 Å². The average molecular weight is 343 g/mol. The van der Waals surface area contributed by atoms with E-state index in [-0.39, 0.29) is 12.5 Å². The monoisotopic (exact) mass is 343 g/mol. The Morgan fingerprint density at radius 3 is 2.72 bits per heavy atom. The highest BCUT2D eigenvalue weighted by Gasteiger charge is 2.09. The van der Waals surface area contributed by atoms with Gasteiger partial charge < -0.3 is 16.0 Å². The molecule has 0 unspecified atom stereocenters. The molecule has 25 heavy (non-hydrogen) atoms. The predicted molar refractivity (Wildman–Crippen MR) is 98.4 cm³/mol. The number of carbonyl (C=O) groups excluding carboxylic acids is 1. The molecular weight excluding hydrogens is 318 g/mol. The van der Waals surface area contributed by atoms with Crippen LogP contribution in [0.4, 0.5) is 5.69 Å². The molecule has 0 bridgehead atoms. The number of aliphatic imine (C=N–C) groups is 1. The zero-order valence-corrected chi connectivity index (χ0v) is 15.1. The van der Waals surface area contributed by atoms with Gasteiger partial charge in [-0.2, -0.15) is 5.10 Å². The van der Waals surface area contributed by atoms with Gasteiger partial charge >= 0.3 is 0 Å². The van der Waals surface area contributed by atoms with Gasteiger partial charge in [-0.25, -0.2) is 4.99 Å². The summed E-state index contributed by atoms with van der Waals surface area (Å²) in [4.78, 5) is 20.5. The zero-order chi connectivity index (χ0) is 18.2. The number of amides is 1. The SMILES string of the molecule is CCNC(=NCc1c(C)nn(C)c1C)NCC(=O)Nc1cccnc1. The molecule has 0 radical (unpaired) electrons. The van der Waals surface area contributed by atoms with Crippen LogP contribution in [0.25, 0.3) is 0 Å². The van der Waals surface area contributed by atoms with Crippen LogP contribution in [0.15, 0.2) is 29.5 Å². The van der Waals surface area contributed by atoms with Gasteiger partial charge in [0.05, 0.1) is 30.7 Å². The fraction of sp³-hybridized carbons (Fsp3) is 0.412. The first kappa shape index (κ1) is 18.4. The van der Waals surface area contributed by atoms with Crippen LogP contribution < -0.4 is 16.0 Å². The number of nitrogens with one attached hydrogen (secondary N) is 3. The Hall–Kier alpha value is -2.90. The Morgan fingerprint density at radius 2 is 2.12 bits per heavy atom. The molecule has 8 heteroatoms. The van der Waals surface area contributed by atoms with Crippen molar-refractivity contribution in [3.8, 4) is 0 Å². The van der Waals surface area contributed by atoms with Gasteiger partial charge in [0.1, 0.15) is 0 Å². The largest absolute Gasteiger partial charge is 0.357 e. The Morgan fingerprint density at radius 1 is 1.32 bits per heavy atom. The van der Waals surface area contributed by atoms with Crippen molar-refractivity contribution in [2.24, 2.45) is 12.0 Å². The number of aryl methyl sites for hydroxylation is 2. The molecule has 0 fully saturated rings. The van der Waals surface area contributed by atoms with Crippen LogP contribution in [0, 0.1) is 13.8 Å². The number of anilines is 1. The molecule has 1 amide bonds. The summed E-state index contributed by atoms with van der Waals surface area (Å²) in [6.45, 7) is 7.30. The molecule has 0 aliphatic rings. The van der Waals surface area contributed by atoms with Crippen LogP contribution in [0.5, 0.6) is 0 Å². The number of rotatable bonds is 6. The highest BCUT2D eigenvalue weighted by Crippen LogP contribution is 2.12. The maximum absolute atomic E-state index is 12.0. The van der Waals surface area contributed by atoms with E-state index in [0.717, 1.165) is 17.0 Å². The number of guanidine groups is 1. The second kappa shape index (κ2) is 8.81. The smallest absolute Gasteiger partial charge is 0.243 e. The molecule has 0 saturated heterocycles. The van der Waals surface area contributed by atoms with E-state index < -0.39 is 0 Å². The molecule has 2 aromatic heterocycles. The Balaban J connectivity index is 1.94. The highest BCUT2D eigenvalue weighted by molar-refractivity contribution is 5.94. The van der Waals surface area contributed by atoms with Crippen molar-refractivity contribution in [2.75, 3.05) is 18.4 Å². The fourth-order valence-corrected chi connectivity index (χ4v) is 2.35. The first-order chi connectivity index (χ1) is 12.0. The lowest BCUT2D eigenvalue weighted by atomic mass is 10.2. The van der Waals surface area contributed by atoms with Crippen molar-refractivity contribution in [2.45, 2.75) is 27.3 Å². The van der Waals surface area contributed by atoms with Crippen molar-refractivity contribution >= 4 is 17.6 Å². The minimum Gasteiger partial charge on any atom is -0.357 e. The van der Waals surface area contributed by atoms with Gasteiger partial charge in [-0.1, -0.05) is 0 Å². The topological polar surface area (TPSA) is 96.2 Å². The van der Waals surface area contributed by atoms with E-state index in [4.69, 9.17) is 0 Å². The second-order valence-corrected chi connectivity index (χ2v) is 5.61. The molecule has 2 aromatic rings. The van der Waals surface area contributed by atoms with E-state index in [0.29, 0.717) is 24.7 Å². The zero-order valence-electron chi connectivity index (χ0n) is 15.1. The van der Waals surface area contributed by atoms with E-state index in [9.17, 15) is 4.79 Å². The number of hydrogen-bond acceptors (Lipinski definition) is 4. The molecule has 8 nitrogen and oxygen atoms in total. The molecular formula is C17H25N7O. The van der Waals surface area contributed by atoms with E-state index >= 15 is 0 Å². The number of aromatic nitrogens is 3. The molecule has 2 heterocycles. The summed E-state index contributed by atoms with van der Waals surface area (Å²) in [5, 5.41) is 13.3. The van der Waals surface area contributed by atoms with E-state index in [2.05, 4.69) is 31.0 Å². The normalized spacial score (nSPS) is 11.3. The number of carbonyl (C=O) groups is 1. The number of pyridine rings is 1. The lowest BCUT2D eigenvalue weighted by Crippen LogP contribution is -2.41. The standard InChI is InChI=1S/C17H25N7O/c1-5-19-17(20-10-15-12(2)23-24(4)13(15)3)21-11-16(25)22-14-7-6-8-18-9-14/h6-9H,5,10-11H2,1-4H3,(H,22,25)(H2,19,20,21). The lowest BCUT2D eigenvalue weighted by molar-refractivity contribution is -0.115. The Kier molecular flexibility index (Phi) is 6.50. The van der Waals surface area contributed by atoms with Crippen molar-refractivity contribution < 1.29 is 4.79 Å². The van der Waals surface area contributed by atoms with Crippen LogP contribution in [-0.2, 0) is 18.4 Å². The fourth-order valence-electron chi connectivity index (χ4n) is 2.35. The van der Waals surface area contributed by atoms with Crippen LogP contribution in [0.2, 0.25) is 0 Å². The summed E-state index contributed by atoms with van der Waals surface area (Å²) in [6.07, 6.45) is 3.26. The molecule has 2 rings (SSSR count). The third-order valence-corrected chi connectivity index (χ3v) is 3.76. The van der Waals surface area contributed by atoms with Gasteiger partial charge in [0.25, 0.3) is 0 Å². The molecule has 3 N–H and O–H groups in total. The number of nitrogens with zero attached hydrogens (tertiary/aromatic N) is 4. The minimum absolute atomic E-state index is 0.117. The maximum Gasteiger partial charge on any atom is 0.243 e. The molecule has 0 aliphatic carbocycles. The van der Waals surface area contributed by atoms with Crippen molar-refractivity contribution in [3.05, 3.63) is 41.5 Å². The molecule has 0 saturated carbocycles. The summed E-state index contributed by atoms with van der Waals surface area (Å²) in [5.41, 5.74) is 3.82.